The molecule has 26 heavy (non-hydrogen) atoms. The van der Waals surface area contributed by atoms with Crippen molar-refractivity contribution in [1.29, 1.82) is 0 Å². The number of benzene rings is 1. The molecular formula is C15H16F6N2O2S. The first-order chi connectivity index (χ1) is 11.9. The number of nitrogens with zero attached hydrogens (tertiary/aromatic N) is 2. The molecule has 0 amide bonds. The van der Waals surface area contributed by atoms with Gasteiger partial charge >= 0.3 is 12.4 Å². The second-order valence-electron chi connectivity index (χ2n) is 5.73. The SMILES string of the molecule is C=CCN1CCN(S(=O)(=O)c2cc(C(F)(F)F)cc(C(F)(F)F)c2)CC1. The van der Waals surface area contributed by atoms with Gasteiger partial charge in [-0.1, -0.05) is 6.08 Å². The van der Waals surface area contributed by atoms with Gasteiger partial charge in [0, 0.05) is 32.7 Å². The van der Waals surface area contributed by atoms with Gasteiger partial charge in [-0.05, 0) is 18.2 Å². The molecular weight excluding hydrogens is 386 g/mol. The fourth-order valence-corrected chi connectivity index (χ4v) is 4.05. The molecule has 0 saturated carbocycles. The summed E-state index contributed by atoms with van der Waals surface area (Å²) in [5.74, 6) is 0. The fraction of sp³-hybridized carbons (Fsp3) is 0.467. The standard InChI is InChI=1S/C15H16F6N2O2S/c1-2-3-22-4-6-23(7-5-22)26(24,25)13-9-11(14(16,17)18)8-12(10-13)15(19,20)21/h2,8-10H,1,3-7H2. The first-order valence-electron chi connectivity index (χ1n) is 7.48. The van der Waals surface area contributed by atoms with Crippen LogP contribution in [0.3, 0.4) is 0 Å². The van der Waals surface area contributed by atoms with E-state index in [2.05, 4.69) is 6.58 Å². The van der Waals surface area contributed by atoms with Gasteiger partial charge in [-0.2, -0.15) is 30.6 Å². The van der Waals surface area contributed by atoms with Crippen molar-refractivity contribution in [2.75, 3.05) is 32.7 Å². The second kappa shape index (κ2) is 7.20. The molecule has 0 unspecified atom stereocenters. The van der Waals surface area contributed by atoms with Crippen LogP contribution in [0.2, 0.25) is 0 Å². The maximum absolute atomic E-state index is 12.9. The van der Waals surface area contributed by atoms with E-state index in [1.807, 2.05) is 4.90 Å². The lowest BCUT2D eigenvalue weighted by atomic mass is 10.1. The predicted octanol–water partition coefficient (Wildman–Crippen LogP) is 3.22. The van der Waals surface area contributed by atoms with E-state index in [1.165, 1.54) is 0 Å². The van der Waals surface area contributed by atoms with Crippen molar-refractivity contribution in [2.24, 2.45) is 0 Å². The molecule has 0 spiro atoms. The lowest BCUT2D eigenvalue weighted by molar-refractivity contribution is -0.143. The third-order valence-electron chi connectivity index (χ3n) is 3.92. The molecule has 1 aromatic carbocycles. The van der Waals surface area contributed by atoms with Crippen molar-refractivity contribution in [3.8, 4) is 0 Å². The molecule has 0 aliphatic carbocycles. The highest BCUT2D eigenvalue weighted by Crippen LogP contribution is 2.37. The summed E-state index contributed by atoms with van der Waals surface area (Å²) in [7, 11) is -4.49. The Bertz CT molecular complexity index is 733. The zero-order valence-corrected chi connectivity index (χ0v) is 14.3. The van der Waals surface area contributed by atoms with E-state index < -0.39 is 38.4 Å². The number of sulfonamides is 1. The van der Waals surface area contributed by atoms with Crippen LogP contribution in [0.25, 0.3) is 0 Å². The minimum Gasteiger partial charge on any atom is -0.297 e. The Labute approximate surface area is 146 Å². The summed E-state index contributed by atoms with van der Waals surface area (Å²) in [6.07, 6.45) is -8.59. The van der Waals surface area contributed by atoms with Crippen LogP contribution in [0.5, 0.6) is 0 Å². The average molecular weight is 402 g/mol. The molecule has 4 nitrogen and oxygen atoms in total. The molecule has 0 atom stereocenters. The minimum absolute atomic E-state index is 0.0340. The predicted molar refractivity (Wildman–Crippen MR) is 81.8 cm³/mol. The van der Waals surface area contributed by atoms with Crippen molar-refractivity contribution in [3.05, 3.63) is 42.0 Å². The van der Waals surface area contributed by atoms with Crippen molar-refractivity contribution in [2.45, 2.75) is 17.2 Å². The number of halogens is 6. The number of piperazine rings is 1. The Hall–Kier alpha value is -1.59. The van der Waals surface area contributed by atoms with Crippen LogP contribution in [0.1, 0.15) is 11.1 Å². The Morgan fingerprint density at radius 2 is 1.38 bits per heavy atom. The first kappa shape index (κ1) is 20.7. The van der Waals surface area contributed by atoms with Gasteiger partial charge in [0.2, 0.25) is 10.0 Å². The lowest BCUT2D eigenvalue weighted by Gasteiger charge is -2.33. The fourth-order valence-electron chi connectivity index (χ4n) is 2.56. The van der Waals surface area contributed by atoms with Gasteiger partial charge in [-0.3, -0.25) is 4.90 Å². The quantitative estimate of drug-likeness (QED) is 0.574. The minimum atomic E-state index is -5.10. The molecule has 1 aliphatic rings. The molecule has 0 radical (unpaired) electrons. The van der Waals surface area contributed by atoms with Crippen LogP contribution in [-0.2, 0) is 22.4 Å². The number of rotatable bonds is 4. The number of hydrogen-bond acceptors (Lipinski definition) is 3. The van der Waals surface area contributed by atoms with E-state index in [0.717, 1.165) is 4.31 Å². The van der Waals surface area contributed by atoms with E-state index >= 15 is 0 Å². The Morgan fingerprint density at radius 1 is 0.923 bits per heavy atom. The lowest BCUT2D eigenvalue weighted by Crippen LogP contribution is -2.48. The van der Waals surface area contributed by atoms with E-state index in [1.54, 1.807) is 6.08 Å². The van der Waals surface area contributed by atoms with Crippen molar-refractivity contribution < 1.29 is 34.8 Å². The van der Waals surface area contributed by atoms with Crippen molar-refractivity contribution in [3.63, 3.8) is 0 Å². The van der Waals surface area contributed by atoms with Crippen LogP contribution in [0, 0.1) is 0 Å². The van der Waals surface area contributed by atoms with Crippen LogP contribution >= 0.6 is 0 Å². The third kappa shape index (κ3) is 4.57. The van der Waals surface area contributed by atoms with Gasteiger partial charge in [-0.25, -0.2) is 8.42 Å². The van der Waals surface area contributed by atoms with Crippen LogP contribution in [0.4, 0.5) is 26.3 Å². The van der Waals surface area contributed by atoms with Gasteiger partial charge in [0.1, 0.15) is 0 Å². The molecule has 1 aliphatic heterocycles. The topological polar surface area (TPSA) is 40.6 Å². The van der Waals surface area contributed by atoms with E-state index in [4.69, 9.17) is 0 Å². The van der Waals surface area contributed by atoms with Gasteiger partial charge < -0.3 is 0 Å². The third-order valence-corrected chi connectivity index (χ3v) is 5.79. The molecule has 0 aromatic heterocycles. The van der Waals surface area contributed by atoms with Gasteiger partial charge in [0.05, 0.1) is 16.0 Å². The van der Waals surface area contributed by atoms with Crippen molar-refractivity contribution >= 4 is 10.0 Å². The summed E-state index contributed by atoms with van der Waals surface area (Å²) >= 11 is 0. The molecule has 0 N–H and O–H groups in total. The van der Waals surface area contributed by atoms with Gasteiger partial charge in [-0.15, -0.1) is 6.58 Å². The maximum atomic E-state index is 12.9. The van der Waals surface area contributed by atoms with Crippen LogP contribution < -0.4 is 0 Å². The highest BCUT2D eigenvalue weighted by atomic mass is 32.2. The summed E-state index contributed by atoms with van der Waals surface area (Å²) in [4.78, 5) is 0.851. The highest BCUT2D eigenvalue weighted by molar-refractivity contribution is 7.89. The monoisotopic (exact) mass is 402 g/mol. The zero-order valence-electron chi connectivity index (χ0n) is 13.4. The summed E-state index contributed by atoms with van der Waals surface area (Å²) in [5, 5.41) is 0. The Morgan fingerprint density at radius 3 is 1.77 bits per heavy atom. The highest BCUT2D eigenvalue weighted by Gasteiger charge is 2.39. The van der Waals surface area contributed by atoms with Gasteiger partial charge in [0.15, 0.2) is 0 Å². The maximum Gasteiger partial charge on any atom is 0.416 e. The Kier molecular flexibility index (Phi) is 5.74. The normalized spacial score (nSPS) is 18.1. The largest absolute Gasteiger partial charge is 0.416 e. The van der Waals surface area contributed by atoms with Gasteiger partial charge in [0.25, 0.3) is 0 Å². The summed E-state index contributed by atoms with van der Waals surface area (Å²) in [6.45, 7) is 4.59. The number of alkyl halides is 6. The molecule has 1 heterocycles. The molecule has 1 aromatic rings. The molecule has 1 fully saturated rings. The number of hydrogen-bond donors (Lipinski definition) is 0. The zero-order chi connectivity index (χ0) is 19.8. The second-order valence-corrected chi connectivity index (χ2v) is 7.67. The summed E-state index contributed by atoms with van der Waals surface area (Å²) in [6, 6.07) is 0.377. The van der Waals surface area contributed by atoms with E-state index in [-0.39, 0.29) is 31.3 Å². The first-order valence-corrected chi connectivity index (χ1v) is 8.92. The molecule has 0 bridgehead atoms. The van der Waals surface area contributed by atoms with E-state index in [0.29, 0.717) is 19.6 Å². The van der Waals surface area contributed by atoms with E-state index in [9.17, 15) is 34.8 Å². The summed E-state index contributed by atoms with van der Waals surface area (Å²) < 4.78 is 103. The summed E-state index contributed by atoms with van der Waals surface area (Å²) in [5.41, 5.74) is -3.31. The smallest absolute Gasteiger partial charge is 0.297 e. The van der Waals surface area contributed by atoms with Crippen molar-refractivity contribution in [1.82, 2.24) is 9.21 Å². The molecule has 1 saturated heterocycles. The molecule has 146 valence electrons. The molecule has 11 heteroatoms. The van der Waals surface area contributed by atoms with Crippen LogP contribution in [0.15, 0.2) is 35.7 Å². The van der Waals surface area contributed by atoms with Crippen LogP contribution in [-0.4, -0.2) is 50.3 Å². The molecule has 2 rings (SSSR count). The Balaban J connectivity index is 2.41. The average Bonchev–Trinajstić information content (AvgIpc) is 2.53.